The molecule has 7 heteroatoms. The molecule has 180 valence electrons. The number of aromatic nitrogens is 1. The van der Waals surface area contributed by atoms with E-state index < -0.39 is 0 Å². The van der Waals surface area contributed by atoms with Crippen LogP contribution in [0.1, 0.15) is 30.7 Å². The molecular weight excluding hydrogens is 433 g/mol. The van der Waals surface area contributed by atoms with Gasteiger partial charge >= 0.3 is 0 Å². The number of methoxy groups -OCH3 is 1. The predicted octanol–water partition coefficient (Wildman–Crippen LogP) is 4.09. The number of benzene rings is 2. The second-order valence-corrected chi connectivity index (χ2v) is 8.54. The van der Waals surface area contributed by atoms with Gasteiger partial charge in [0.05, 0.1) is 6.54 Å². The minimum atomic E-state index is -0.270. The van der Waals surface area contributed by atoms with E-state index in [0.717, 1.165) is 16.8 Å². The van der Waals surface area contributed by atoms with Crippen LogP contribution in [0, 0.1) is 5.82 Å². The van der Waals surface area contributed by atoms with Crippen molar-refractivity contribution in [2.75, 3.05) is 20.3 Å². The van der Waals surface area contributed by atoms with Crippen LogP contribution < -0.4 is 0 Å². The first kappa shape index (κ1) is 25.2. The number of ether oxygens (including phenoxy) is 1. The quantitative estimate of drug-likeness (QED) is 0.429. The highest BCUT2D eigenvalue weighted by Crippen LogP contribution is 2.15. The van der Waals surface area contributed by atoms with Gasteiger partial charge in [0.25, 0.3) is 0 Å². The molecule has 0 aliphatic carbocycles. The highest BCUT2D eigenvalue weighted by molar-refractivity contribution is 5.85. The Labute approximate surface area is 200 Å². The van der Waals surface area contributed by atoms with Gasteiger partial charge in [0, 0.05) is 38.1 Å². The van der Waals surface area contributed by atoms with E-state index in [-0.39, 0.29) is 36.8 Å². The Morgan fingerprint density at radius 3 is 2.26 bits per heavy atom. The maximum absolute atomic E-state index is 13.4. The second-order valence-electron chi connectivity index (χ2n) is 8.54. The number of carbonyl (C=O) groups is 2. The predicted molar refractivity (Wildman–Crippen MR) is 129 cm³/mol. The third kappa shape index (κ3) is 7.02. The van der Waals surface area contributed by atoms with E-state index in [1.165, 1.54) is 19.2 Å². The van der Waals surface area contributed by atoms with Gasteiger partial charge in [-0.05, 0) is 49.2 Å². The van der Waals surface area contributed by atoms with Gasteiger partial charge in [0.2, 0.25) is 11.8 Å². The normalized spacial score (nSPS) is 11.0. The molecule has 0 radical (unpaired) electrons. The van der Waals surface area contributed by atoms with Crippen LogP contribution in [-0.2, 0) is 34.0 Å². The average Bonchev–Trinajstić information content (AvgIpc) is 3.25. The fourth-order valence-corrected chi connectivity index (χ4v) is 3.78. The largest absolute Gasteiger partial charge is 0.375 e. The SMILES string of the molecule is COCC(=O)N(CC(=O)N(Cc1ccccc1)Cc1cccn1Cc1ccc(F)cc1)C(C)C. The van der Waals surface area contributed by atoms with Gasteiger partial charge in [-0.25, -0.2) is 4.39 Å². The number of amides is 2. The first-order valence-electron chi connectivity index (χ1n) is 11.4. The van der Waals surface area contributed by atoms with Crippen LogP contribution in [0.3, 0.4) is 0 Å². The number of hydrogen-bond donors (Lipinski definition) is 0. The smallest absolute Gasteiger partial charge is 0.249 e. The molecule has 34 heavy (non-hydrogen) atoms. The molecule has 0 aliphatic rings. The van der Waals surface area contributed by atoms with Crippen molar-refractivity contribution >= 4 is 11.8 Å². The van der Waals surface area contributed by atoms with E-state index in [1.54, 1.807) is 21.9 Å². The number of carbonyl (C=O) groups excluding carboxylic acids is 2. The van der Waals surface area contributed by atoms with Crippen molar-refractivity contribution in [3.05, 3.63) is 95.6 Å². The summed E-state index contributed by atoms with van der Waals surface area (Å²) >= 11 is 0. The molecule has 0 saturated heterocycles. The van der Waals surface area contributed by atoms with Crippen LogP contribution in [0.5, 0.6) is 0 Å². The summed E-state index contributed by atoms with van der Waals surface area (Å²) in [5, 5.41) is 0. The van der Waals surface area contributed by atoms with Gasteiger partial charge in [0.15, 0.2) is 0 Å². The maximum atomic E-state index is 13.4. The van der Waals surface area contributed by atoms with E-state index in [2.05, 4.69) is 4.57 Å². The summed E-state index contributed by atoms with van der Waals surface area (Å²) in [5.41, 5.74) is 2.93. The lowest BCUT2D eigenvalue weighted by molar-refractivity contribution is -0.144. The third-order valence-electron chi connectivity index (χ3n) is 5.63. The fraction of sp³-hybridized carbons (Fsp3) is 0.333. The Morgan fingerprint density at radius 1 is 0.912 bits per heavy atom. The van der Waals surface area contributed by atoms with E-state index in [9.17, 15) is 14.0 Å². The van der Waals surface area contributed by atoms with Gasteiger partial charge in [0.1, 0.15) is 19.0 Å². The van der Waals surface area contributed by atoms with E-state index >= 15 is 0 Å². The molecule has 0 N–H and O–H groups in total. The van der Waals surface area contributed by atoms with Gasteiger partial charge in [-0.15, -0.1) is 0 Å². The molecule has 0 atom stereocenters. The monoisotopic (exact) mass is 465 g/mol. The lowest BCUT2D eigenvalue weighted by Crippen LogP contribution is -2.46. The molecule has 3 aromatic rings. The zero-order valence-electron chi connectivity index (χ0n) is 20.0. The zero-order chi connectivity index (χ0) is 24.5. The molecular formula is C27H32FN3O3. The Morgan fingerprint density at radius 2 is 1.62 bits per heavy atom. The van der Waals surface area contributed by atoms with E-state index in [4.69, 9.17) is 4.74 Å². The van der Waals surface area contributed by atoms with Crippen LogP contribution in [0.15, 0.2) is 72.9 Å². The van der Waals surface area contributed by atoms with Crippen molar-refractivity contribution < 1.29 is 18.7 Å². The van der Waals surface area contributed by atoms with Crippen LogP contribution in [0.2, 0.25) is 0 Å². The molecule has 2 amide bonds. The molecule has 0 aliphatic heterocycles. The van der Waals surface area contributed by atoms with Crippen molar-refractivity contribution in [2.45, 2.75) is 39.5 Å². The van der Waals surface area contributed by atoms with E-state index in [0.29, 0.717) is 19.6 Å². The summed E-state index contributed by atoms with van der Waals surface area (Å²) in [4.78, 5) is 29.3. The van der Waals surface area contributed by atoms with Gasteiger partial charge in [-0.2, -0.15) is 0 Å². The number of nitrogens with zero attached hydrogens (tertiary/aromatic N) is 3. The lowest BCUT2D eigenvalue weighted by Gasteiger charge is -2.30. The topological polar surface area (TPSA) is 54.8 Å². The Bertz CT molecular complexity index is 1060. The Balaban J connectivity index is 1.81. The minimum Gasteiger partial charge on any atom is -0.375 e. The highest BCUT2D eigenvalue weighted by Gasteiger charge is 2.24. The summed E-state index contributed by atoms with van der Waals surface area (Å²) in [5.74, 6) is -0.629. The molecule has 0 fully saturated rings. The zero-order valence-corrected chi connectivity index (χ0v) is 20.0. The van der Waals surface area contributed by atoms with Crippen molar-refractivity contribution in [2.24, 2.45) is 0 Å². The Hall–Kier alpha value is -3.45. The summed E-state index contributed by atoms with van der Waals surface area (Å²) in [6, 6.07) is 20.0. The number of hydrogen-bond acceptors (Lipinski definition) is 3. The molecule has 0 saturated carbocycles. The fourth-order valence-electron chi connectivity index (χ4n) is 3.78. The van der Waals surface area contributed by atoms with Crippen LogP contribution >= 0.6 is 0 Å². The maximum Gasteiger partial charge on any atom is 0.249 e. The second kappa shape index (κ2) is 12.1. The third-order valence-corrected chi connectivity index (χ3v) is 5.63. The highest BCUT2D eigenvalue weighted by atomic mass is 19.1. The van der Waals surface area contributed by atoms with Crippen LogP contribution in [0.25, 0.3) is 0 Å². The summed E-state index contributed by atoms with van der Waals surface area (Å²) in [6.45, 7) is 5.06. The first-order valence-corrected chi connectivity index (χ1v) is 11.4. The molecule has 1 heterocycles. The van der Waals surface area contributed by atoms with Crippen LogP contribution in [0.4, 0.5) is 4.39 Å². The minimum absolute atomic E-state index is 0.0225. The summed E-state index contributed by atoms with van der Waals surface area (Å²) in [7, 11) is 1.47. The first-order chi connectivity index (χ1) is 16.4. The number of halogens is 1. The molecule has 2 aromatic carbocycles. The van der Waals surface area contributed by atoms with Crippen molar-refractivity contribution in [3.63, 3.8) is 0 Å². The van der Waals surface area contributed by atoms with Gasteiger partial charge < -0.3 is 19.1 Å². The molecule has 0 unspecified atom stereocenters. The van der Waals surface area contributed by atoms with Crippen molar-refractivity contribution in [1.29, 1.82) is 0 Å². The average molecular weight is 466 g/mol. The van der Waals surface area contributed by atoms with Gasteiger partial charge in [-0.1, -0.05) is 42.5 Å². The van der Waals surface area contributed by atoms with Crippen molar-refractivity contribution in [3.8, 4) is 0 Å². The molecule has 6 nitrogen and oxygen atoms in total. The summed E-state index contributed by atoms with van der Waals surface area (Å²) < 4.78 is 20.3. The Kier molecular flexibility index (Phi) is 8.99. The summed E-state index contributed by atoms with van der Waals surface area (Å²) in [6.07, 6.45) is 1.95. The van der Waals surface area contributed by atoms with Crippen molar-refractivity contribution in [1.82, 2.24) is 14.4 Å². The molecule has 0 spiro atoms. The van der Waals surface area contributed by atoms with E-state index in [1.807, 2.05) is 62.5 Å². The standard InChI is InChI=1S/C27H32FN3O3/c1-21(2)31(27(33)20-34-3)19-26(32)30(17-22-8-5-4-6-9-22)18-25-10-7-15-29(25)16-23-11-13-24(28)14-12-23/h4-15,21H,16-20H2,1-3H3. The molecule has 1 aromatic heterocycles. The molecule has 3 rings (SSSR count). The van der Waals surface area contributed by atoms with Crippen LogP contribution in [-0.4, -0.2) is 52.5 Å². The molecule has 0 bridgehead atoms. The lowest BCUT2D eigenvalue weighted by atomic mass is 10.2. The number of rotatable bonds is 11. The van der Waals surface area contributed by atoms with Gasteiger partial charge in [-0.3, -0.25) is 9.59 Å².